The maximum Gasteiger partial charge on any atom is 0.692 e. The highest BCUT2D eigenvalue weighted by Crippen LogP contribution is 2.28. The van der Waals surface area contributed by atoms with Crippen LogP contribution < -0.4 is 0 Å². The van der Waals surface area contributed by atoms with Gasteiger partial charge in [0.05, 0.1) is 6.61 Å². The van der Waals surface area contributed by atoms with Crippen LogP contribution in [0.25, 0.3) is 0 Å². The maximum atomic E-state index is 8.70. The molecule has 0 heterocycles. The summed E-state index contributed by atoms with van der Waals surface area (Å²) >= 11 is 0. The van der Waals surface area contributed by atoms with Crippen molar-refractivity contribution in [3.63, 3.8) is 0 Å². The second-order valence-corrected chi connectivity index (χ2v) is 4.61. The third kappa shape index (κ3) is 32.8. The van der Waals surface area contributed by atoms with Gasteiger partial charge in [-0.05, 0) is 5.41 Å². The van der Waals surface area contributed by atoms with Crippen LogP contribution in [0.15, 0.2) is 0 Å². The smallest absolute Gasteiger partial charge is 0.328 e. The summed E-state index contributed by atoms with van der Waals surface area (Å²) in [5.41, 5.74) is 0.00600. The minimum atomic E-state index is -2.87. The monoisotopic (exact) mass is 233 g/mol. The minimum absolute atomic E-state index is 0.00600. The first kappa shape index (κ1) is 15.8. The maximum absolute atomic E-state index is 8.70. The Morgan fingerprint density at radius 3 is 1.69 bits per heavy atom. The van der Waals surface area contributed by atoms with Gasteiger partial charge in [0.25, 0.3) is 0 Å². The summed E-state index contributed by atoms with van der Waals surface area (Å²) in [6.07, 6.45) is 0. The fourth-order valence-electron chi connectivity index (χ4n) is 0.251. The van der Waals surface area contributed by atoms with Crippen molar-refractivity contribution in [3.8, 4) is 0 Å². The molecule has 0 amide bonds. The van der Waals surface area contributed by atoms with Gasteiger partial charge >= 0.3 is 16.9 Å². The van der Waals surface area contributed by atoms with Crippen LogP contribution >= 0.6 is 16.9 Å². The van der Waals surface area contributed by atoms with E-state index in [2.05, 4.69) is 4.52 Å². The number of rotatable bonds is 2. The van der Waals surface area contributed by atoms with Crippen LogP contribution in [0.5, 0.6) is 0 Å². The Hall–Kier alpha value is 0.330. The molecule has 0 spiro atoms. The Morgan fingerprint density at radius 2 is 1.62 bits per heavy atom. The van der Waals surface area contributed by atoms with Gasteiger partial charge in [0, 0.05) is 4.57 Å². The number of hydrogen-bond acceptors (Lipinski definition) is 4. The van der Waals surface area contributed by atoms with E-state index >= 15 is 0 Å². The molecule has 0 bridgehead atoms. The largest absolute Gasteiger partial charge is 0.692 e. The summed E-state index contributed by atoms with van der Waals surface area (Å²) in [5.74, 6) is 0. The van der Waals surface area contributed by atoms with Crippen molar-refractivity contribution in [3.05, 3.63) is 0 Å². The SMILES string of the molecule is CC(C)(C)COP(O)O.O=[P+](O)O. The predicted molar refractivity (Wildman–Crippen MR) is 48.8 cm³/mol. The molecule has 0 aromatic heterocycles. The summed E-state index contributed by atoms with van der Waals surface area (Å²) in [7, 11) is -5.04. The van der Waals surface area contributed by atoms with Crippen molar-refractivity contribution < 1.29 is 28.7 Å². The lowest BCUT2D eigenvalue weighted by molar-refractivity contribution is 0.172. The molecule has 0 rings (SSSR count). The van der Waals surface area contributed by atoms with Crippen LogP contribution in [0.1, 0.15) is 20.8 Å². The lowest BCUT2D eigenvalue weighted by Crippen LogP contribution is -2.12. The topological polar surface area (TPSA) is 107 Å². The average molecular weight is 233 g/mol. The van der Waals surface area contributed by atoms with Crippen LogP contribution in [0.4, 0.5) is 0 Å². The summed E-state index contributed by atoms with van der Waals surface area (Å²) in [6, 6.07) is 0. The zero-order valence-corrected chi connectivity index (χ0v) is 9.50. The van der Waals surface area contributed by atoms with Gasteiger partial charge < -0.3 is 14.3 Å². The molecule has 80 valence electrons. The fraction of sp³-hybridized carbons (Fsp3) is 1.00. The van der Waals surface area contributed by atoms with E-state index in [0.717, 1.165) is 0 Å². The highest BCUT2D eigenvalue weighted by atomic mass is 31.2. The van der Waals surface area contributed by atoms with Crippen molar-refractivity contribution >= 4 is 16.9 Å². The van der Waals surface area contributed by atoms with E-state index in [4.69, 9.17) is 24.1 Å². The van der Waals surface area contributed by atoms with E-state index in [1.165, 1.54) is 0 Å². The van der Waals surface area contributed by atoms with Gasteiger partial charge in [0.1, 0.15) is 0 Å². The first-order chi connectivity index (χ1) is 5.65. The molecule has 8 heteroatoms. The van der Waals surface area contributed by atoms with Crippen LogP contribution in [-0.2, 0) is 9.09 Å². The molecular weight excluding hydrogens is 218 g/mol. The lowest BCUT2D eigenvalue weighted by atomic mass is 9.99. The lowest BCUT2D eigenvalue weighted by Gasteiger charge is -2.17. The van der Waals surface area contributed by atoms with Crippen molar-refractivity contribution in [2.24, 2.45) is 5.41 Å². The van der Waals surface area contributed by atoms with Crippen molar-refractivity contribution in [1.82, 2.24) is 0 Å². The van der Waals surface area contributed by atoms with E-state index in [-0.39, 0.29) is 5.41 Å². The Morgan fingerprint density at radius 1 is 1.31 bits per heavy atom. The third-order valence-electron chi connectivity index (χ3n) is 0.613. The second kappa shape index (κ2) is 7.71. The van der Waals surface area contributed by atoms with Crippen molar-refractivity contribution in [2.45, 2.75) is 20.8 Å². The van der Waals surface area contributed by atoms with Crippen LogP contribution in [-0.4, -0.2) is 26.2 Å². The Balaban J connectivity index is 0. The van der Waals surface area contributed by atoms with E-state index < -0.39 is 16.9 Å². The highest BCUT2D eigenvalue weighted by molar-refractivity contribution is 7.39. The van der Waals surface area contributed by atoms with E-state index in [0.29, 0.717) is 6.61 Å². The number of hydrogen-bond donors (Lipinski definition) is 4. The van der Waals surface area contributed by atoms with Crippen LogP contribution in [0.3, 0.4) is 0 Å². The first-order valence-electron chi connectivity index (χ1n) is 3.31. The van der Waals surface area contributed by atoms with Crippen LogP contribution in [0.2, 0.25) is 0 Å². The molecule has 0 radical (unpaired) electrons. The van der Waals surface area contributed by atoms with Gasteiger partial charge in [-0.25, -0.2) is 0 Å². The van der Waals surface area contributed by atoms with Crippen LogP contribution in [0, 0.1) is 5.41 Å². The summed E-state index contributed by atoms with van der Waals surface area (Å²) in [6.45, 7) is 6.27. The molecule has 0 aromatic carbocycles. The normalized spacial score (nSPS) is 10.8. The molecule has 0 aromatic rings. The summed E-state index contributed by atoms with van der Waals surface area (Å²) in [4.78, 5) is 30.9. The standard InChI is InChI=1S/C5H13O3P.HO3P/c1-5(2,3)4-8-9(6)7;1-4(2)3/h6-7H,4H2,1-3H3;(H-,1,2,3)/p+1. The minimum Gasteiger partial charge on any atom is -0.328 e. The summed E-state index contributed by atoms with van der Waals surface area (Å²) < 4.78 is 13.3. The molecule has 0 unspecified atom stereocenters. The Kier molecular flexibility index (Phi) is 9.36. The molecule has 6 nitrogen and oxygen atoms in total. The van der Waals surface area contributed by atoms with Gasteiger partial charge in [-0.1, -0.05) is 20.8 Å². The van der Waals surface area contributed by atoms with E-state index in [1.54, 1.807) is 0 Å². The van der Waals surface area contributed by atoms with Gasteiger partial charge in [0.2, 0.25) is 0 Å². The quantitative estimate of drug-likeness (QED) is 0.527. The average Bonchev–Trinajstić information content (AvgIpc) is 1.80. The van der Waals surface area contributed by atoms with E-state index in [9.17, 15) is 0 Å². The first-order valence-corrected chi connectivity index (χ1v) is 5.64. The van der Waals surface area contributed by atoms with E-state index in [1.807, 2.05) is 20.8 Å². The molecule has 0 atom stereocenters. The zero-order chi connectivity index (χ0) is 11.1. The fourth-order valence-corrected chi connectivity index (χ4v) is 0.754. The van der Waals surface area contributed by atoms with Crippen molar-refractivity contribution in [2.75, 3.05) is 6.61 Å². The molecule has 13 heavy (non-hydrogen) atoms. The molecule has 0 aliphatic heterocycles. The van der Waals surface area contributed by atoms with Gasteiger partial charge in [-0.2, -0.15) is 0 Å². The van der Waals surface area contributed by atoms with Gasteiger partial charge in [-0.3, -0.25) is 0 Å². The predicted octanol–water partition coefficient (Wildman–Crippen LogP) is 0.889. The second-order valence-electron chi connectivity index (χ2n) is 3.34. The molecule has 4 N–H and O–H groups in total. The molecule has 0 fully saturated rings. The Labute approximate surface area is 79.1 Å². The van der Waals surface area contributed by atoms with Gasteiger partial charge in [-0.15, -0.1) is 9.79 Å². The molecule has 0 saturated heterocycles. The Bertz CT molecular complexity index is 138. The molecule has 0 aliphatic carbocycles. The molecule has 0 saturated carbocycles. The van der Waals surface area contributed by atoms with Crippen molar-refractivity contribution in [1.29, 1.82) is 0 Å². The van der Waals surface area contributed by atoms with Gasteiger partial charge in [0.15, 0.2) is 0 Å². The molecular formula is C5H15O6P2+. The molecule has 0 aliphatic rings. The highest BCUT2D eigenvalue weighted by Gasteiger charge is 2.12. The zero-order valence-electron chi connectivity index (χ0n) is 7.71. The summed E-state index contributed by atoms with van der Waals surface area (Å²) in [5, 5.41) is 0. The third-order valence-corrected chi connectivity index (χ3v) is 0.973.